The molecule has 0 bridgehead atoms. The van der Waals surface area contributed by atoms with Gasteiger partial charge in [-0.05, 0) is 25.0 Å². The standard InChI is InChI=1S/C18H25ClN2O4/c1-24-14-18(23)21-10-5-9-20(11-12-21)17(22)8-4-13-25-16-7-3-2-6-15(16)19/h2-3,6-7H,4-5,8-14H2,1H3. The van der Waals surface area contributed by atoms with Crippen LogP contribution in [0.5, 0.6) is 5.75 Å². The predicted octanol–water partition coefficient (Wildman–Crippen LogP) is 2.21. The smallest absolute Gasteiger partial charge is 0.248 e. The van der Waals surface area contributed by atoms with Crippen molar-refractivity contribution < 1.29 is 19.1 Å². The zero-order valence-corrected chi connectivity index (χ0v) is 15.3. The minimum Gasteiger partial charge on any atom is -0.492 e. The maximum atomic E-state index is 12.3. The van der Waals surface area contributed by atoms with Crippen LogP contribution in [0.4, 0.5) is 0 Å². The van der Waals surface area contributed by atoms with Gasteiger partial charge in [-0.3, -0.25) is 9.59 Å². The molecule has 0 spiro atoms. The van der Waals surface area contributed by atoms with Crippen LogP contribution in [0.3, 0.4) is 0 Å². The Kier molecular flexibility index (Phi) is 8.01. The van der Waals surface area contributed by atoms with Crippen LogP contribution in [0.2, 0.25) is 5.02 Å². The molecule has 6 nitrogen and oxygen atoms in total. The molecule has 0 aliphatic carbocycles. The normalized spacial score (nSPS) is 15.0. The van der Waals surface area contributed by atoms with E-state index < -0.39 is 0 Å². The van der Waals surface area contributed by atoms with Crippen molar-refractivity contribution in [1.82, 2.24) is 9.80 Å². The van der Waals surface area contributed by atoms with E-state index in [1.807, 2.05) is 23.1 Å². The Bertz CT molecular complexity index is 582. The van der Waals surface area contributed by atoms with Crippen molar-refractivity contribution in [2.24, 2.45) is 0 Å². The molecule has 1 aromatic carbocycles. The summed E-state index contributed by atoms with van der Waals surface area (Å²) in [6.07, 6.45) is 1.85. The van der Waals surface area contributed by atoms with Crippen LogP contribution in [0.15, 0.2) is 24.3 Å². The van der Waals surface area contributed by atoms with Gasteiger partial charge >= 0.3 is 0 Å². The first-order valence-electron chi connectivity index (χ1n) is 8.53. The average Bonchev–Trinajstić information content (AvgIpc) is 2.86. The van der Waals surface area contributed by atoms with Crippen molar-refractivity contribution in [3.63, 3.8) is 0 Å². The highest BCUT2D eigenvalue weighted by molar-refractivity contribution is 6.32. The lowest BCUT2D eigenvalue weighted by atomic mass is 10.2. The lowest BCUT2D eigenvalue weighted by Gasteiger charge is -2.22. The first-order valence-corrected chi connectivity index (χ1v) is 8.91. The molecule has 7 heteroatoms. The van der Waals surface area contributed by atoms with Crippen LogP contribution in [-0.2, 0) is 14.3 Å². The van der Waals surface area contributed by atoms with Gasteiger partial charge in [0.1, 0.15) is 12.4 Å². The Morgan fingerprint density at radius 2 is 1.76 bits per heavy atom. The number of nitrogens with zero attached hydrogens (tertiary/aromatic N) is 2. The highest BCUT2D eigenvalue weighted by Crippen LogP contribution is 2.23. The van der Waals surface area contributed by atoms with E-state index in [1.165, 1.54) is 7.11 Å². The molecule has 1 aliphatic heterocycles. The van der Waals surface area contributed by atoms with Crippen molar-refractivity contribution in [3.8, 4) is 5.75 Å². The maximum absolute atomic E-state index is 12.3. The van der Waals surface area contributed by atoms with Crippen LogP contribution in [0.25, 0.3) is 0 Å². The van der Waals surface area contributed by atoms with Gasteiger partial charge in [-0.15, -0.1) is 0 Å². The largest absolute Gasteiger partial charge is 0.492 e. The summed E-state index contributed by atoms with van der Waals surface area (Å²) in [6.45, 7) is 3.02. The Hall–Kier alpha value is -1.79. The fraction of sp³-hybridized carbons (Fsp3) is 0.556. The molecule has 25 heavy (non-hydrogen) atoms. The van der Waals surface area contributed by atoms with Gasteiger partial charge in [-0.1, -0.05) is 23.7 Å². The first-order chi connectivity index (χ1) is 12.1. The highest BCUT2D eigenvalue weighted by Gasteiger charge is 2.21. The number of carbonyl (C=O) groups is 2. The highest BCUT2D eigenvalue weighted by atomic mass is 35.5. The van der Waals surface area contributed by atoms with E-state index in [9.17, 15) is 9.59 Å². The number of amides is 2. The van der Waals surface area contributed by atoms with Crippen LogP contribution >= 0.6 is 11.6 Å². The van der Waals surface area contributed by atoms with Gasteiger partial charge in [0.15, 0.2) is 0 Å². The van der Waals surface area contributed by atoms with Crippen molar-refractivity contribution in [2.75, 3.05) is 46.5 Å². The number of benzene rings is 1. The number of halogens is 1. The third-order valence-electron chi connectivity index (χ3n) is 4.10. The maximum Gasteiger partial charge on any atom is 0.248 e. The molecule has 2 amide bonds. The van der Waals surface area contributed by atoms with Crippen LogP contribution in [0.1, 0.15) is 19.3 Å². The number of carbonyl (C=O) groups excluding carboxylic acids is 2. The molecule has 138 valence electrons. The van der Waals surface area contributed by atoms with Gasteiger partial charge in [0.05, 0.1) is 11.6 Å². The summed E-state index contributed by atoms with van der Waals surface area (Å²) in [5, 5.41) is 0.571. The molecule has 1 aliphatic rings. The summed E-state index contributed by atoms with van der Waals surface area (Å²) in [6, 6.07) is 7.29. The average molecular weight is 369 g/mol. The van der Waals surface area contributed by atoms with E-state index in [0.717, 1.165) is 6.42 Å². The van der Waals surface area contributed by atoms with Crippen LogP contribution < -0.4 is 4.74 Å². The molecule has 0 saturated carbocycles. The Labute approximate surface area is 153 Å². The molecule has 1 aromatic rings. The first kappa shape index (κ1) is 19.5. The second kappa shape index (κ2) is 10.3. The zero-order chi connectivity index (χ0) is 18.1. The Balaban J connectivity index is 1.70. The second-order valence-electron chi connectivity index (χ2n) is 5.93. The molecular formula is C18H25ClN2O4. The summed E-state index contributed by atoms with van der Waals surface area (Å²) in [7, 11) is 1.51. The van der Waals surface area contributed by atoms with Gasteiger partial charge in [0, 0.05) is 39.7 Å². The molecule has 0 atom stereocenters. The number of rotatable bonds is 7. The number of para-hydroxylation sites is 1. The molecule has 0 radical (unpaired) electrons. The zero-order valence-electron chi connectivity index (χ0n) is 14.6. The minimum absolute atomic E-state index is 0.0232. The minimum atomic E-state index is -0.0232. The lowest BCUT2D eigenvalue weighted by molar-refractivity contribution is -0.136. The van der Waals surface area contributed by atoms with Gasteiger partial charge < -0.3 is 19.3 Å². The number of hydrogen-bond donors (Lipinski definition) is 0. The van der Waals surface area contributed by atoms with Gasteiger partial charge in [0.2, 0.25) is 11.8 Å². The van der Waals surface area contributed by atoms with Crippen LogP contribution in [-0.4, -0.2) is 68.1 Å². The van der Waals surface area contributed by atoms with E-state index >= 15 is 0 Å². The SMILES string of the molecule is COCC(=O)N1CCCN(C(=O)CCCOc2ccccc2Cl)CC1. The van der Waals surface area contributed by atoms with Crippen molar-refractivity contribution in [3.05, 3.63) is 29.3 Å². The van der Waals surface area contributed by atoms with E-state index in [-0.39, 0.29) is 18.4 Å². The summed E-state index contributed by atoms with van der Waals surface area (Å²) in [4.78, 5) is 27.8. The quantitative estimate of drug-likeness (QED) is 0.692. The molecule has 0 unspecified atom stereocenters. The topological polar surface area (TPSA) is 59.1 Å². The fourth-order valence-corrected chi connectivity index (χ4v) is 2.95. The van der Waals surface area contributed by atoms with Crippen molar-refractivity contribution >= 4 is 23.4 Å². The van der Waals surface area contributed by atoms with Crippen molar-refractivity contribution in [1.29, 1.82) is 0 Å². The van der Waals surface area contributed by atoms with E-state index in [0.29, 0.717) is 56.4 Å². The molecule has 2 rings (SSSR count). The van der Waals surface area contributed by atoms with Crippen molar-refractivity contribution in [2.45, 2.75) is 19.3 Å². The summed E-state index contributed by atoms with van der Waals surface area (Å²) >= 11 is 6.03. The number of hydrogen-bond acceptors (Lipinski definition) is 4. The van der Waals surface area contributed by atoms with Gasteiger partial charge in [-0.2, -0.15) is 0 Å². The third kappa shape index (κ3) is 6.21. The second-order valence-corrected chi connectivity index (χ2v) is 6.34. The van der Waals surface area contributed by atoms with E-state index in [1.54, 1.807) is 11.0 Å². The molecule has 0 N–H and O–H groups in total. The summed E-state index contributed by atoms with van der Waals surface area (Å²) in [5.41, 5.74) is 0. The molecular weight excluding hydrogens is 344 g/mol. The van der Waals surface area contributed by atoms with Crippen LogP contribution in [0, 0.1) is 0 Å². The van der Waals surface area contributed by atoms with Gasteiger partial charge in [0.25, 0.3) is 0 Å². The molecule has 0 aromatic heterocycles. The van der Waals surface area contributed by atoms with E-state index in [4.69, 9.17) is 21.1 Å². The number of ether oxygens (including phenoxy) is 2. The van der Waals surface area contributed by atoms with E-state index in [2.05, 4.69) is 0 Å². The fourth-order valence-electron chi connectivity index (χ4n) is 2.76. The monoisotopic (exact) mass is 368 g/mol. The molecule has 1 saturated heterocycles. The Morgan fingerprint density at radius 1 is 1.08 bits per heavy atom. The third-order valence-corrected chi connectivity index (χ3v) is 4.41. The summed E-state index contributed by atoms with van der Waals surface area (Å²) < 4.78 is 10.5. The Morgan fingerprint density at radius 3 is 2.44 bits per heavy atom. The lowest BCUT2D eigenvalue weighted by Crippen LogP contribution is -2.38. The predicted molar refractivity (Wildman–Crippen MR) is 95.8 cm³/mol. The summed E-state index contributed by atoms with van der Waals surface area (Å²) in [5.74, 6) is 0.715. The molecule has 1 fully saturated rings. The molecule has 1 heterocycles. The number of methoxy groups -OCH3 is 1. The van der Waals surface area contributed by atoms with Gasteiger partial charge in [-0.25, -0.2) is 0 Å².